The van der Waals surface area contributed by atoms with Gasteiger partial charge < -0.3 is 15.0 Å². The number of carbonyl (C=O) groups is 1. The van der Waals surface area contributed by atoms with Crippen molar-refractivity contribution in [2.75, 3.05) is 36.8 Å². The monoisotopic (exact) mass is 631 g/mol. The van der Waals surface area contributed by atoms with Crippen LogP contribution in [0, 0.1) is 24.0 Å². The van der Waals surface area contributed by atoms with Crippen LogP contribution in [0.3, 0.4) is 0 Å². The Bertz CT molecular complexity index is 1690. The van der Waals surface area contributed by atoms with Crippen LogP contribution >= 0.6 is 23.4 Å². The highest BCUT2D eigenvalue weighted by Gasteiger charge is 2.42. The largest absolute Gasteiger partial charge is 0.444 e. The van der Waals surface area contributed by atoms with Gasteiger partial charge in [-0.2, -0.15) is 4.98 Å². The van der Waals surface area contributed by atoms with E-state index in [0.29, 0.717) is 36.5 Å². The molecule has 12 heteroatoms. The molecule has 4 heterocycles. The minimum Gasteiger partial charge on any atom is -0.444 e. The Morgan fingerprint density at radius 1 is 1.14 bits per heavy atom. The normalized spacial score (nSPS) is 21.6. The zero-order valence-corrected chi connectivity index (χ0v) is 26.8. The number of thioether (sulfide) groups is 1. The molecular weight excluding hydrogens is 596 g/mol. The number of nitrogens with zero attached hydrogens (tertiary/aromatic N) is 4. The van der Waals surface area contributed by atoms with Gasteiger partial charge in [0.05, 0.1) is 22.6 Å². The lowest BCUT2D eigenvalue weighted by Crippen LogP contribution is -2.60. The summed E-state index contributed by atoms with van der Waals surface area (Å²) in [6.07, 6.45) is -0.371. The van der Waals surface area contributed by atoms with E-state index in [-0.39, 0.29) is 39.9 Å². The van der Waals surface area contributed by atoms with E-state index >= 15 is 4.39 Å². The lowest BCUT2D eigenvalue weighted by molar-refractivity contribution is 0.00562. The van der Waals surface area contributed by atoms with Gasteiger partial charge in [-0.05, 0) is 59.2 Å². The second-order valence-corrected chi connectivity index (χ2v) is 14.6. The molecule has 0 saturated carbocycles. The van der Waals surface area contributed by atoms with Crippen LogP contribution in [0.25, 0.3) is 22.0 Å². The molecule has 1 amide bonds. The van der Waals surface area contributed by atoms with E-state index in [1.165, 1.54) is 6.07 Å². The van der Waals surface area contributed by atoms with Gasteiger partial charge in [-0.25, -0.2) is 18.4 Å². The number of ether oxygens (including phenoxy) is 1. The summed E-state index contributed by atoms with van der Waals surface area (Å²) in [5, 5.41) is 3.96. The van der Waals surface area contributed by atoms with Gasteiger partial charge >= 0.3 is 11.8 Å². The molecular formula is C31H36ClF2N5O3S. The molecule has 2 fully saturated rings. The Hall–Kier alpha value is -2.89. The van der Waals surface area contributed by atoms with Crippen LogP contribution in [-0.4, -0.2) is 70.2 Å². The lowest BCUT2D eigenvalue weighted by Gasteiger charge is -2.45. The van der Waals surface area contributed by atoms with E-state index in [4.69, 9.17) is 16.3 Å². The quantitative estimate of drug-likeness (QED) is 0.357. The molecule has 1 aromatic heterocycles. The summed E-state index contributed by atoms with van der Waals surface area (Å²) in [6, 6.07) is 3.67. The number of hydrogen-bond acceptors (Lipinski definition) is 7. The molecule has 3 aromatic rings. The number of amides is 1. The Kier molecular flexibility index (Phi) is 7.45. The molecule has 1 N–H and O–H groups in total. The third-order valence-electron chi connectivity index (χ3n) is 8.51. The van der Waals surface area contributed by atoms with Gasteiger partial charge in [0, 0.05) is 71.4 Å². The van der Waals surface area contributed by atoms with Crippen LogP contribution in [0.2, 0.25) is 5.02 Å². The van der Waals surface area contributed by atoms with Gasteiger partial charge in [0.25, 0.3) is 0 Å². The van der Waals surface area contributed by atoms with Crippen molar-refractivity contribution < 1.29 is 18.3 Å². The van der Waals surface area contributed by atoms with E-state index in [1.807, 2.05) is 47.6 Å². The van der Waals surface area contributed by atoms with Gasteiger partial charge in [-0.3, -0.25) is 9.47 Å². The van der Waals surface area contributed by atoms with Crippen LogP contribution in [-0.2, 0) is 11.3 Å². The predicted octanol–water partition coefficient (Wildman–Crippen LogP) is 5.83. The molecule has 6 rings (SSSR count). The molecule has 0 bridgehead atoms. The van der Waals surface area contributed by atoms with E-state index in [0.717, 1.165) is 40.8 Å². The van der Waals surface area contributed by atoms with Crippen molar-refractivity contribution in [1.29, 1.82) is 0 Å². The summed E-state index contributed by atoms with van der Waals surface area (Å²) >= 11 is 7.73. The highest BCUT2D eigenvalue weighted by molar-refractivity contribution is 7.99. The lowest BCUT2D eigenvalue weighted by atomic mass is 9.83. The molecule has 2 saturated heterocycles. The highest BCUT2D eigenvalue weighted by atomic mass is 35.5. The fourth-order valence-electron chi connectivity index (χ4n) is 6.57. The van der Waals surface area contributed by atoms with Crippen molar-refractivity contribution in [2.24, 2.45) is 5.41 Å². The van der Waals surface area contributed by atoms with Crippen molar-refractivity contribution in [3.05, 3.63) is 50.9 Å². The van der Waals surface area contributed by atoms with Crippen molar-refractivity contribution in [2.45, 2.75) is 70.7 Å². The predicted molar refractivity (Wildman–Crippen MR) is 166 cm³/mol. The van der Waals surface area contributed by atoms with Crippen LogP contribution in [0.5, 0.6) is 0 Å². The van der Waals surface area contributed by atoms with Crippen molar-refractivity contribution in [3.8, 4) is 11.1 Å². The van der Waals surface area contributed by atoms with E-state index in [1.54, 1.807) is 21.2 Å². The summed E-state index contributed by atoms with van der Waals surface area (Å²) in [5.74, 6) is -0.275. The first-order valence-electron chi connectivity index (χ1n) is 14.5. The molecule has 3 aliphatic heterocycles. The summed E-state index contributed by atoms with van der Waals surface area (Å²) in [6.45, 7) is 14.2. The first-order valence-corrected chi connectivity index (χ1v) is 15.9. The van der Waals surface area contributed by atoms with E-state index in [9.17, 15) is 14.0 Å². The van der Waals surface area contributed by atoms with Crippen molar-refractivity contribution in [1.82, 2.24) is 19.8 Å². The summed E-state index contributed by atoms with van der Waals surface area (Å²) in [5.41, 5.74) is 1.12. The number of carbonyl (C=O) groups excluding carboxylic acids is 1. The number of hydrogen-bond donors (Lipinski definition) is 1. The number of benzene rings is 2. The Labute approximate surface area is 258 Å². The molecule has 0 unspecified atom stereocenters. The molecule has 2 aromatic carbocycles. The van der Waals surface area contributed by atoms with Gasteiger partial charge in [-0.1, -0.05) is 11.6 Å². The maximum Gasteiger partial charge on any atom is 0.410 e. The van der Waals surface area contributed by atoms with E-state index in [2.05, 4.69) is 15.2 Å². The van der Waals surface area contributed by atoms with Crippen LogP contribution in [0.1, 0.15) is 40.2 Å². The Morgan fingerprint density at radius 3 is 2.42 bits per heavy atom. The molecule has 0 aliphatic carbocycles. The van der Waals surface area contributed by atoms with E-state index < -0.39 is 17.2 Å². The van der Waals surface area contributed by atoms with Gasteiger partial charge in [0.1, 0.15) is 23.1 Å². The maximum atomic E-state index is 15.4. The molecule has 0 radical (unpaired) electrons. The zero-order chi connectivity index (χ0) is 31.0. The topological polar surface area (TPSA) is 79.7 Å². The number of aryl methyl sites for hydroxylation is 1. The standard InChI is InChI=1S/C31H36ClF2N5O3S/c1-16-7-20-25-26(24(16)19-8-21(32)23(34)9-22(19)33)43-15-31(12-35-13-31)14-38(25)28(40)36-27(20)37-10-17(2)39(18(3)11-37)29(41)42-30(4,5)6/h7-9,17-18,35H,10-15H2,1-6H3/t17-,18+. The number of nitrogens with one attached hydrogen (secondary N) is 1. The molecule has 2 atom stereocenters. The number of anilines is 1. The second kappa shape index (κ2) is 10.6. The fraction of sp³-hybridized carbons (Fsp3) is 0.516. The number of rotatable bonds is 2. The zero-order valence-electron chi connectivity index (χ0n) is 25.2. The SMILES string of the molecule is Cc1cc2c(N3C[C@@H](C)N(C(=O)OC(C)(C)C)[C@@H](C)C3)nc(=O)n3c2c(c1-c1cc(Cl)c(F)cc1F)SCC1(CNC1)C3. The average molecular weight is 632 g/mol. The van der Waals surface area contributed by atoms with Gasteiger partial charge in [-0.15, -0.1) is 11.8 Å². The number of piperazine rings is 1. The third-order valence-corrected chi connectivity index (χ3v) is 10.2. The van der Waals surface area contributed by atoms with Crippen LogP contribution in [0.15, 0.2) is 27.9 Å². The number of aromatic nitrogens is 2. The van der Waals surface area contributed by atoms with Crippen molar-refractivity contribution >= 4 is 46.2 Å². The molecule has 230 valence electrons. The molecule has 43 heavy (non-hydrogen) atoms. The van der Waals surface area contributed by atoms with Gasteiger partial charge in [0.15, 0.2) is 0 Å². The molecule has 8 nitrogen and oxygen atoms in total. The summed E-state index contributed by atoms with van der Waals surface area (Å²) in [7, 11) is 0. The number of halogens is 3. The minimum atomic E-state index is -0.823. The first-order chi connectivity index (χ1) is 20.2. The highest BCUT2D eigenvalue weighted by Crippen LogP contribution is 2.48. The van der Waals surface area contributed by atoms with Crippen molar-refractivity contribution in [3.63, 3.8) is 0 Å². The maximum absolute atomic E-state index is 15.4. The summed E-state index contributed by atoms with van der Waals surface area (Å²) in [4.78, 5) is 36.1. The minimum absolute atomic E-state index is 0.143. The van der Waals surface area contributed by atoms with Crippen LogP contribution < -0.4 is 15.9 Å². The van der Waals surface area contributed by atoms with Crippen LogP contribution in [0.4, 0.5) is 19.4 Å². The summed E-state index contributed by atoms with van der Waals surface area (Å²) < 4.78 is 36.9. The second-order valence-electron chi connectivity index (χ2n) is 13.2. The fourth-order valence-corrected chi connectivity index (χ4v) is 8.25. The molecule has 3 aliphatic rings. The average Bonchev–Trinajstić information content (AvgIpc) is 3.06. The van der Waals surface area contributed by atoms with Gasteiger partial charge in [0.2, 0.25) is 0 Å². The molecule has 1 spiro atoms. The Morgan fingerprint density at radius 2 is 1.81 bits per heavy atom. The Balaban J connectivity index is 1.51. The third kappa shape index (κ3) is 5.27. The smallest absolute Gasteiger partial charge is 0.410 e. The first kappa shape index (κ1) is 30.1.